The first-order valence-electron chi connectivity index (χ1n) is 10.4. The fourth-order valence-electron chi connectivity index (χ4n) is 3.66. The van der Waals surface area contributed by atoms with E-state index in [2.05, 4.69) is 82.9 Å². The minimum Gasteiger partial charge on any atom is -0.372 e. The topological polar surface area (TPSA) is 61.8 Å². The molecule has 6 nitrogen and oxygen atoms in total. The minimum absolute atomic E-state index is 0.228. The Labute approximate surface area is 184 Å². The van der Waals surface area contributed by atoms with Crippen molar-refractivity contribution < 1.29 is 4.74 Å². The van der Waals surface area contributed by atoms with Crippen molar-refractivity contribution in [1.29, 1.82) is 0 Å². The minimum atomic E-state index is 0.228. The first-order chi connectivity index (χ1) is 14.5. The number of aromatic nitrogens is 1. The van der Waals surface area contributed by atoms with Crippen LogP contribution in [0.2, 0.25) is 0 Å². The number of guanidine groups is 1. The number of rotatable bonds is 6. The Kier molecular flexibility index (Phi) is 7.99. The summed E-state index contributed by atoms with van der Waals surface area (Å²) in [4.78, 5) is 12.6. The van der Waals surface area contributed by atoms with Crippen LogP contribution >= 0.6 is 11.8 Å². The number of nitrogens with one attached hydrogen (secondary N) is 2. The molecular weight excluding hydrogens is 394 g/mol. The van der Waals surface area contributed by atoms with Crippen LogP contribution in [0.1, 0.15) is 30.5 Å². The predicted octanol–water partition coefficient (Wildman–Crippen LogP) is 3.59. The molecule has 1 aliphatic heterocycles. The summed E-state index contributed by atoms with van der Waals surface area (Å²) in [7, 11) is 1.79. The lowest BCUT2D eigenvalue weighted by Crippen LogP contribution is -2.45. The van der Waals surface area contributed by atoms with Crippen LogP contribution in [-0.4, -0.2) is 49.5 Å². The van der Waals surface area contributed by atoms with Crippen molar-refractivity contribution in [3.8, 4) is 0 Å². The quantitative estimate of drug-likeness (QED) is 0.417. The van der Waals surface area contributed by atoms with Gasteiger partial charge in [0, 0.05) is 44.3 Å². The number of hydrogen-bond acceptors (Lipinski definition) is 5. The van der Waals surface area contributed by atoms with Crippen molar-refractivity contribution >= 4 is 23.5 Å². The fourth-order valence-corrected chi connectivity index (χ4v) is 4.36. The maximum atomic E-state index is 5.81. The highest BCUT2D eigenvalue weighted by Gasteiger charge is 2.22. The van der Waals surface area contributed by atoms with Crippen LogP contribution in [-0.2, 0) is 17.8 Å². The maximum Gasteiger partial charge on any atom is 0.191 e. The number of anilines is 1. The van der Waals surface area contributed by atoms with E-state index in [1.165, 1.54) is 16.0 Å². The first-order valence-corrected chi connectivity index (χ1v) is 11.6. The highest BCUT2D eigenvalue weighted by atomic mass is 32.2. The third-order valence-electron chi connectivity index (χ3n) is 5.13. The van der Waals surface area contributed by atoms with E-state index in [0.29, 0.717) is 6.54 Å². The summed E-state index contributed by atoms with van der Waals surface area (Å²) in [5.74, 6) is 1.79. The second-order valence-corrected chi connectivity index (χ2v) is 8.63. The van der Waals surface area contributed by atoms with Crippen molar-refractivity contribution in [3.05, 3.63) is 53.2 Å². The molecule has 0 saturated carbocycles. The van der Waals surface area contributed by atoms with Crippen molar-refractivity contribution in [2.75, 3.05) is 31.3 Å². The summed E-state index contributed by atoms with van der Waals surface area (Å²) in [5.41, 5.74) is 3.68. The predicted molar refractivity (Wildman–Crippen MR) is 126 cm³/mol. The molecule has 0 bridgehead atoms. The zero-order valence-corrected chi connectivity index (χ0v) is 19.4. The van der Waals surface area contributed by atoms with E-state index in [1.807, 2.05) is 6.20 Å². The molecule has 1 fully saturated rings. The van der Waals surface area contributed by atoms with Crippen molar-refractivity contribution in [1.82, 2.24) is 15.6 Å². The van der Waals surface area contributed by atoms with E-state index in [-0.39, 0.29) is 12.2 Å². The molecule has 2 N–H and O–H groups in total. The number of thioether (sulfide) groups is 1. The molecule has 3 rings (SSSR count). The van der Waals surface area contributed by atoms with Gasteiger partial charge < -0.3 is 20.3 Å². The van der Waals surface area contributed by atoms with E-state index in [1.54, 1.807) is 18.8 Å². The number of morpholine rings is 1. The number of pyridine rings is 1. The number of nitrogens with zero attached hydrogens (tertiary/aromatic N) is 3. The molecule has 30 heavy (non-hydrogen) atoms. The molecule has 2 atom stereocenters. The third kappa shape index (κ3) is 6.12. The van der Waals surface area contributed by atoms with Crippen LogP contribution in [0.5, 0.6) is 0 Å². The molecular formula is C23H33N5OS. The van der Waals surface area contributed by atoms with Gasteiger partial charge in [-0.15, -0.1) is 11.8 Å². The highest BCUT2D eigenvalue weighted by molar-refractivity contribution is 7.98. The van der Waals surface area contributed by atoms with Crippen LogP contribution < -0.4 is 15.5 Å². The van der Waals surface area contributed by atoms with Crippen LogP contribution in [0.15, 0.2) is 46.4 Å². The van der Waals surface area contributed by atoms with E-state index >= 15 is 0 Å². The van der Waals surface area contributed by atoms with Gasteiger partial charge in [0.2, 0.25) is 0 Å². The summed E-state index contributed by atoms with van der Waals surface area (Å²) in [6.45, 7) is 9.51. The average molecular weight is 428 g/mol. The SMILES string of the molecule is CN=C(NCc1ccc(N2CC(C)OC(C)C2)nc1)NCc1ccc(C)cc1SC. The van der Waals surface area contributed by atoms with Gasteiger partial charge in [-0.2, -0.15) is 0 Å². The standard InChI is InChI=1S/C23H33N5OS/c1-16-6-8-20(21(10-16)30-5)13-27-23(24-4)26-12-19-7-9-22(25-11-19)28-14-17(2)29-18(3)15-28/h6-11,17-18H,12-15H2,1-5H3,(H2,24,26,27). The number of aryl methyl sites for hydroxylation is 1. The molecule has 2 unspecified atom stereocenters. The van der Waals surface area contributed by atoms with Gasteiger partial charge in [0.15, 0.2) is 5.96 Å². The van der Waals surface area contributed by atoms with Crippen LogP contribution in [0, 0.1) is 6.92 Å². The van der Waals surface area contributed by atoms with Gasteiger partial charge in [0.25, 0.3) is 0 Å². The Morgan fingerprint density at radius 3 is 2.53 bits per heavy atom. The summed E-state index contributed by atoms with van der Waals surface area (Å²) in [6, 6.07) is 10.8. The van der Waals surface area contributed by atoms with E-state index < -0.39 is 0 Å². The van der Waals surface area contributed by atoms with Gasteiger partial charge in [0.1, 0.15) is 5.82 Å². The van der Waals surface area contributed by atoms with Crippen LogP contribution in [0.4, 0.5) is 5.82 Å². The fraction of sp³-hybridized carbons (Fsp3) is 0.478. The van der Waals surface area contributed by atoms with Gasteiger partial charge in [0.05, 0.1) is 12.2 Å². The Morgan fingerprint density at radius 2 is 1.90 bits per heavy atom. The molecule has 2 aromatic rings. The van der Waals surface area contributed by atoms with E-state index in [4.69, 9.17) is 4.74 Å². The molecule has 0 amide bonds. The molecule has 1 aliphatic rings. The largest absolute Gasteiger partial charge is 0.372 e. The Morgan fingerprint density at radius 1 is 1.17 bits per heavy atom. The first kappa shape index (κ1) is 22.4. The highest BCUT2D eigenvalue weighted by Crippen LogP contribution is 2.22. The Balaban J connectivity index is 1.53. The molecule has 162 valence electrons. The molecule has 1 aromatic carbocycles. The van der Waals surface area contributed by atoms with Gasteiger partial charge in [-0.3, -0.25) is 4.99 Å². The van der Waals surface area contributed by atoms with E-state index in [0.717, 1.165) is 37.0 Å². The number of ether oxygens (including phenoxy) is 1. The summed E-state index contributed by atoms with van der Waals surface area (Å²) in [6.07, 6.45) is 4.50. The van der Waals surface area contributed by atoms with Crippen LogP contribution in [0.3, 0.4) is 0 Å². The lowest BCUT2D eigenvalue weighted by molar-refractivity contribution is -0.00545. The number of aliphatic imine (C=N–C) groups is 1. The molecule has 1 saturated heterocycles. The molecule has 2 heterocycles. The van der Waals surface area contributed by atoms with Gasteiger partial charge in [-0.05, 0) is 55.9 Å². The second-order valence-electron chi connectivity index (χ2n) is 7.78. The lowest BCUT2D eigenvalue weighted by atomic mass is 10.1. The van der Waals surface area contributed by atoms with Crippen molar-refractivity contribution in [2.45, 2.75) is 51.0 Å². The zero-order chi connectivity index (χ0) is 21.5. The van der Waals surface area contributed by atoms with Gasteiger partial charge in [-0.1, -0.05) is 18.2 Å². The second kappa shape index (κ2) is 10.7. The monoisotopic (exact) mass is 427 g/mol. The van der Waals surface area contributed by atoms with Gasteiger partial charge in [-0.25, -0.2) is 4.98 Å². The molecule has 0 radical (unpaired) electrons. The Hall–Kier alpha value is -2.25. The third-order valence-corrected chi connectivity index (χ3v) is 5.95. The van der Waals surface area contributed by atoms with E-state index in [9.17, 15) is 0 Å². The molecule has 0 spiro atoms. The lowest BCUT2D eigenvalue weighted by Gasteiger charge is -2.36. The normalized spacial score (nSPS) is 19.6. The summed E-state index contributed by atoms with van der Waals surface area (Å²) in [5, 5.41) is 6.78. The molecule has 7 heteroatoms. The molecule has 1 aromatic heterocycles. The maximum absolute atomic E-state index is 5.81. The van der Waals surface area contributed by atoms with Crippen LogP contribution in [0.25, 0.3) is 0 Å². The Bertz CT molecular complexity index is 845. The smallest absolute Gasteiger partial charge is 0.191 e. The summed E-state index contributed by atoms with van der Waals surface area (Å²) >= 11 is 1.77. The zero-order valence-electron chi connectivity index (χ0n) is 18.6. The average Bonchev–Trinajstić information content (AvgIpc) is 2.74. The number of benzene rings is 1. The van der Waals surface area contributed by atoms with Crippen molar-refractivity contribution in [2.24, 2.45) is 4.99 Å². The summed E-state index contributed by atoms with van der Waals surface area (Å²) < 4.78 is 5.81. The van der Waals surface area contributed by atoms with Crippen molar-refractivity contribution in [3.63, 3.8) is 0 Å². The number of hydrogen-bond donors (Lipinski definition) is 2. The molecule has 0 aliphatic carbocycles. The van der Waals surface area contributed by atoms with Gasteiger partial charge >= 0.3 is 0 Å².